The van der Waals surface area contributed by atoms with E-state index >= 15 is 0 Å². The number of hydrogen-bond acceptors (Lipinski definition) is 3. The molecular weight excluding hydrogens is 304 g/mol. The molecule has 1 atom stereocenters. The van der Waals surface area contributed by atoms with E-state index in [1.54, 1.807) is 11.8 Å². The minimum absolute atomic E-state index is 0.0926. The van der Waals surface area contributed by atoms with Gasteiger partial charge in [-0.2, -0.15) is 0 Å². The zero-order valence-corrected chi connectivity index (χ0v) is 15.0. The largest absolute Gasteiger partial charge is 0.491 e. The molecule has 2 rings (SSSR count). The van der Waals surface area contributed by atoms with Crippen molar-refractivity contribution in [3.05, 3.63) is 60.2 Å². The molecule has 0 aromatic heterocycles. The summed E-state index contributed by atoms with van der Waals surface area (Å²) in [5.41, 5.74) is 1.33. The molecule has 2 nitrogen and oxygen atoms in total. The van der Waals surface area contributed by atoms with Gasteiger partial charge in [-0.15, -0.1) is 11.8 Å². The summed E-state index contributed by atoms with van der Waals surface area (Å²) in [5, 5.41) is 0. The summed E-state index contributed by atoms with van der Waals surface area (Å²) in [6.07, 6.45) is 0.0926. The van der Waals surface area contributed by atoms with Crippen molar-refractivity contribution in [2.24, 2.45) is 0 Å². The minimum atomic E-state index is 0.0926. The average molecular weight is 330 g/mol. The molecule has 23 heavy (non-hydrogen) atoms. The second kappa shape index (κ2) is 9.64. The molecule has 0 saturated heterocycles. The van der Waals surface area contributed by atoms with Crippen molar-refractivity contribution in [2.45, 2.75) is 37.7 Å². The van der Waals surface area contributed by atoms with Crippen LogP contribution in [-0.2, 0) is 4.74 Å². The second-order valence-corrected chi connectivity index (χ2v) is 6.83. The molecule has 0 saturated carbocycles. The summed E-state index contributed by atoms with van der Waals surface area (Å²) >= 11 is 1.80. The SMILES string of the molecule is CCOC(COc1ccc(C(C)C)cc1)CSc1ccccc1. The molecule has 2 aromatic rings. The number of rotatable bonds is 9. The monoisotopic (exact) mass is 330 g/mol. The Morgan fingerprint density at radius 2 is 1.65 bits per heavy atom. The second-order valence-electron chi connectivity index (χ2n) is 5.74. The predicted octanol–water partition coefficient (Wildman–Crippen LogP) is 5.39. The molecule has 3 heteroatoms. The third kappa shape index (κ3) is 6.28. The highest BCUT2D eigenvalue weighted by Crippen LogP contribution is 2.21. The fourth-order valence-electron chi connectivity index (χ4n) is 2.22. The lowest BCUT2D eigenvalue weighted by Crippen LogP contribution is -2.24. The molecular formula is C20H26O2S. The zero-order valence-electron chi connectivity index (χ0n) is 14.2. The molecule has 0 spiro atoms. The van der Waals surface area contributed by atoms with Gasteiger partial charge in [-0.25, -0.2) is 0 Å². The molecule has 1 unspecified atom stereocenters. The van der Waals surface area contributed by atoms with E-state index < -0.39 is 0 Å². The molecule has 2 aromatic carbocycles. The zero-order chi connectivity index (χ0) is 16.5. The standard InChI is InChI=1S/C20H26O2S/c1-4-21-19(15-23-20-8-6-5-7-9-20)14-22-18-12-10-17(11-13-18)16(2)3/h5-13,16,19H,4,14-15H2,1-3H3. The Bertz CT molecular complexity index is 552. The van der Waals surface area contributed by atoms with Gasteiger partial charge in [0.15, 0.2) is 0 Å². The molecule has 0 fully saturated rings. The van der Waals surface area contributed by atoms with Gasteiger partial charge in [0.1, 0.15) is 18.5 Å². The van der Waals surface area contributed by atoms with Crippen LogP contribution in [0.4, 0.5) is 0 Å². The molecule has 0 heterocycles. The van der Waals surface area contributed by atoms with E-state index in [1.165, 1.54) is 10.5 Å². The van der Waals surface area contributed by atoms with Crippen molar-refractivity contribution in [2.75, 3.05) is 19.0 Å². The number of benzene rings is 2. The van der Waals surface area contributed by atoms with Crippen molar-refractivity contribution in [1.29, 1.82) is 0 Å². The smallest absolute Gasteiger partial charge is 0.119 e. The van der Waals surface area contributed by atoms with Crippen LogP contribution < -0.4 is 4.74 Å². The third-order valence-electron chi connectivity index (χ3n) is 3.56. The maximum absolute atomic E-state index is 5.91. The average Bonchev–Trinajstić information content (AvgIpc) is 2.58. The van der Waals surface area contributed by atoms with Crippen LogP contribution >= 0.6 is 11.8 Å². The van der Waals surface area contributed by atoms with E-state index in [0.717, 1.165) is 11.5 Å². The molecule has 0 radical (unpaired) electrons. The summed E-state index contributed by atoms with van der Waals surface area (Å²) in [4.78, 5) is 1.26. The van der Waals surface area contributed by atoms with Crippen LogP contribution in [0, 0.1) is 0 Å². The lowest BCUT2D eigenvalue weighted by Gasteiger charge is -2.18. The Hall–Kier alpha value is -1.45. The summed E-state index contributed by atoms with van der Waals surface area (Å²) < 4.78 is 11.7. The maximum Gasteiger partial charge on any atom is 0.119 e. The fraction of sp³-hybridized carbons (Fsp3) is 0.400. The van der Waals surface area contributed by atoms with Crippen molar-refractivity contribution in [3.63, 3.8) is 0 Å². The van der Waals surface area contributed by atoms with Gasteiger partial charge in [0, 0.05) is 17.3 Å². The highest BCUT2D eigenvalue weighted by Gasteiger charge is 2.11. The number of thioether (sulfide) groups is 1. The highest BCUT2D eigenvalue weighted by molar-refractivity contribution is 7.99. The van der Waals surface area contributed by atoms with Crippen LogP contribution in [0.3, 0.4) is 0 Å². The highest BCUT2D eigenvalue weighted by atomic mass is 32.2. The molecule has 0 aliphatic heterocycles. The van der Waals surface area contributed by atoms with Crippen LogP contribution in [-0.4, -0.2) is 25.1 Å². The maximum atomic E-state index is 5.91. The van der Waals surface area contributed by atoms with Crippen molar-refractivity contribution in [3.8, 4) is 5.75 Å². The van der Waals surface area contributed by atoms with Gasteiger partial charge in [0.05, 0.1) is 0 Å². The van der Waals surface area contributed by atoms with Gasteiger partial charge >= 0.3 is 0 Å². The predicted molar refractivity (Wildman–Crippen MR) is 98.6 cm³/mol. The van der Waals surface area contributed by atoms with Crippen molar-refractivity contribution < 1.29 is 9.47 Å². The molecule has 0 aliphatic carbocycles. The summed E-state index contributed by atoms with van der Waals surface area (Å²) in [7, 11) is 0. The van der Waals surface area contributed by atoms with Crippen LogP contribution in [0.2, 0.25) is 0 Å². The van der Waals surface area contributed by atoms with E-state index in [2.05, 4.69) is 50.2 Å². The number of ether oxygens (including phenoxy) is 2. The van der Waals surface area contributed by atoms with Crippen LogP contribution in [0.15, 0.2) is 59.5 Å². The molecule has 0 amide bonds. The van der Waals surface area contributed by atoms with E-state index in [4.69, 9.17) is 9.47 Å². The van der Waals surface area contributed by atoms with Crippen LogP contribution in [0.1, 0.15) is 32.3 Å². The Kier molecular flexibility index (Phi) is 7.50. The van der Waals surface area contributed by atoms with E-state index in [0.29, 0.717) is 19.1 Å². The third-order valence-corrected chi connectivity index (χ3v) is 4.71. The number of hydrogen-bond donors (Lipinski definition) is 0. The first kappa shape index (κ1) is 17.9. The van der Waals surface area contributed by atoms with Crippen LogP contribution in [0.5, 0.6) is 5.75 Å². The Labute approximate surface area is 144 Å². The van der Waals surface area contributed by atoms with Gasteiger partial charge in [-0.3, -0.25) is 0 Å². The van der Waals surface area contributed by atoms with Gasteiger partial charge in [-0.1, -0.05) is 44.2 Å². The van der Waals surface area contributed by atoms with Gasteiger partial charge in [0.25, 0.3) is 0 Å². The summed E-state index contributed by atoms with van der Waals surface area (Å²) in [5.74, 6) is 2.34. The molecule has 0 aliphatic rings. The molecule has 0 bridgehead atoms. The quantitative estimate of drug-likeness (QED) is 0.575. The normalized spacial score (nSPS) is 12.3. The van der Waals surface area contributed by atoms with E-state index in [-0.39, 0.29) is 6.10 Å². The summed E-state index contributed by atoms with van der Waals surface area (Å²) in [6, 6.07) is 18.8. The first-order chi connectivity index (χ1) is 11.2. The minimum Gasteiger partial charge on any atom is -0.491 e. The Morgan fingerprint density at radius 3 is 2.26 bits per heavy atom. The van der Waals surface area contributed by atoms with E-state index in [1.807, 2.05) is 25.1 Å². The Morgan fingerprint density at radius 1 is 0.957 bits per heavy atom. The van der Waals surface area contributed by atoms with Gasteiger partial charge < -0.3 is 9.47 Å². The molecule has 124 valence electrons. The topological polar surface area (TPSA) is 18.5 Å². The van der Waals surface area contributed by atoms with Gasteiger partial charge in [0.2, 0.25) is 0 Å². The molecule has 0 N–H and O–H groups in total. The summed E-state index contributed by atoms with van der Waals surface area (Å²) in [6.45, 7) is 7.70. The van der Waals surface area contributed by atoms with Gasteiger partial charge in [-0.05, 0) is 42.7 Å². The lowest BCUT2D eigenvalue weighted by molar-refractivity contribution is 0.0433. The fourth-order valence-corrected chi connectivity index (χ4v) is 3.14. The first-order valence-corrected chi connectivity index (χ1v) is 9.19. The van der Waals surface area contributed by atoms with Crippen molar-refractivity contribution in [1.82, 2.24) is 0 Å². The Balaban J connectivity index is 1.84. The van der Waals surface area contributed by atoms with E-state index in [9.17, 15) is 0 Å². The first-order valence-electron chi connectivity index (χ1n) is 8.21. The van der Waals surface area contributed by atoms with Crippen LogP contribution in [0.25, 0.3) is 0 Å². The lowest BCUT2D eigenvalue weighted by atomic mass is 10.0. The van der Waals surface area contributed by atoms with Crippen molar-refractivity contribution >= 4 is 11.8 Å².